The molecule has 0 fully saturated rings. The molecular formula is C12H11F2N3O3. The molecule has 1 N–H and O–H groups in total. The van der Waals surface area contributed by atoms with Gasteiger partial charge >= 0.3 is 0 Å². The molecule has 0 saturated carbocycles. The van der Waals surface area contributed by atoms with Gasteiger partial charge in [0, 0.05) is 6.54 Å². The van der Waals surface area contributed by atoms with Crippen LogP contribution in [-0.4, -0.2) is 16.5 Å². The van der Waals surface area contributed by atoms with Crippen molar-refractivity contribution >= 4 is 5.69 Å². The van der Waals surface area contributed by atoms with Gasteiger partial charge in [-0.1, -0.05) is 6.92 Å². The zero-order valence-electron chi connectivity index (χ0n) is 10.5. The Hall–Kier alpha value is -2.35. The predicted molar refractivity (Wildman–Crippen MR) is 65.9 cm³/mol. The zero-order chi connectivity index (χ0) is 14.7. The van der Waals surface area contributed by atoms with Crippen molar-refractivity contribution in [2.24, 2.45) is 0 Å². The van der Waals surface area contributed by atoms with Crippen LogP contribution in [0.4, 0.5) is 14.5 Å². The number of oxazole rings is 1. The van der Waals surface area contributed by atoms with Crippen LogP contribution in [0.2, 0.25) is 0 Å². The monoisotopic (exact) mass is 283 g/mol. The van der Waals surface area contributed by atoms with Gasteiger partial charge in [0.2, 0.25) is 5.89 Å². The normalized spacial score (nSPS) is 10.8. The molecule has 0 bridgehead atoms. The van der Waals surface area contributed by atoms with Crippen molar-refractivity contribution in [1.82, 2.24) is 10.3 Å². The van der Waals surface area contributed by atoms with Crippen molar-refractivity contribution in [3.8, 4) is 11.5 Å². The second-order valence-electron chi connectivity index (χ2n) is 3.96. The molecule has 0 atom stereocenters. The molecular weight excluding hydrogens is 272 g/mol. The van der Waals surface area contributed by atoms with E-state index in [4.69, 9.17) is 4.42 Å². The van der Waals surface area contributed by atoms with Gasteiger partial charge in [-0.15, -0.1) is 0 Å². The second kappa shape index (κ2) is 5.74. The lowest BCUT2D eigenvalue weighted by molar-refractivity contribution is -0.384. The maximum Gasteiger partial charge on any atom is 0.285 e. The summed E-state index contributed by atoms with van der Waals surface area (Å²) in [5, 5.41) is 13.9. The van der Waals surface area contributed by atoms with Crippen molar-refractivity contribution in [2.45, 2.75) is 13.5 Å². The summed E-state index contributed by atoms with van der Waals surface area (Å²) < 4.78 is 31.4. The molecule has 1 aromatic heterocycles. The van der Waals surface area contributed by atoms with E-state index in [1.807, 2.05) is 6.92 Å². The van der Waals surface area contributed by atoms with Crippen LogP contribution in [0, 0.1) is 21.7 Å². The molecule has 2 rings (SSSR count). The Labute approximate surface area is 112 Å². The lowest BCUT2D eigenvalue weighted by Crippen LogP contribution is -2.11. The molecule has 0 saturated heterocycles. The fourth-order valence-corrected chi connectivity index (χ4v) is 1.62. The largest absolute Gasteiger partial charge is 0.444 e. The van der Waals surface area contributed by atoms with E-state index in [0.29, 0.717) is 30.9 Å². The minimum absolute atomic E-state index is 0.122. The van der Waals surface area contributed by atoms with Crippen LogP contribution in [-0.2, 0) is 6.54 Å². The highest BCUT2D eigenvalue weighted by Crippen LogP contribution is 2.31. The first kappa shape index (κ1) is 14.1. The highest BCUT2D eigenvalue weighted by Gasteiger charge is 2.23. The molecule has 0 radical (unpaired) electrons. The Balaban J connectivity index is 2.43. The van der Waals surface area contributed by atoms with Gasteiger partial charge < -0.3 is 9.73 Å². The number of rotatable bonds is 5. The minimum atomic E-state index is -1.29. The highest BCUT2D eigenvalue weighted by molar-refractivity contribution is 5.67. The molecule has 106 valence electrons. The Kier molecular flexibility index (Phi) is 4.04. The number of nitrogens with one attached hydrogen (secondary N) is 1. The van der Waals surface area contributed by atoms with Crippen LogP contribution in [0.3, 0.4) is 0 Å². The van der Waals surface area contributed by atoms with E-state index >= 15 is 0 Å². The van der Waals surface area contributed by atoms with E-state index in [2.05, 4.69) is 10.3 Å². The van der Waals surface area contributed by atoms with Gasteiger partial charge in [0.15, 0.2) is 11.6 Å². The molecule has 1 heterocycles. The van der Waals surface area contributed by atoms with Crippen molar-refractivity contribution in [3.63, 3.8) is 0 Å². The summed E-state index contributed by atoms with van der Waals surface area (Å²) in [6, 6.07) is 1.22. The smallest absolute Gasteiger partial charge is 0.285 e. The lowest BCUT2D eigenvalue weighted by Gasteiger charge is -2.00. The Morgan fingerprint density at radius 3 is 2.75 bits per heavy atom. The maximum atomic E-state index is 13.2. The van der Waals surface area contributed by atoms with Crippen LogP contribution < -0.4 is 5.32 Å². The number of nitro groups is 1. The molecule has 0 amide bonds. The lowest BCUT2D eigenvalue weighted by atomic mass is 10.1. The summed E-state index contributed by atoms with van der Waals surface area (Å²) >= 11 is 0. The van der Waals surface area contributed by atoms with Crippen LogP contribution in [0.25, 0.3) is 11.5 Å². The molecule has 1 aromatic carbocycles. The maximum absolute atomic E-state index is 13.2. The first-order valence-corrected chi connectivity index (χ1v) is 5.81. The molecule has 0 aliphatic rings. The summed E-state index contributed by atoms with van der Waals surface area (Å²) in [6.07, 6.45) is 1.31. The second-order valence-corrected chi connectivity index (χ2v) is 3.96. The molecule has 0 aliphatic carbocycles. The van der Waals surface area contributed by atoms with Crippen LogP contribution >= 0.6 is 0 Å². The van der Waals surface area contributed by atoms with E-state index in [-0.39, 0.29) is 11.5 Å². The van der Waals surface area contributed by atoms with Crippen LogP contribution in [0.1, 0.15) is 12.6 Å². The summed E-state index contributed by atoms with van der Waals surface area (Å²) in [7, 11) is 0. The SMILES string of the molecule is CCNCc1coc(-c2cc(F)c(F)cc2[N+](=O)[O-])n1. The topological polar surface area (TPSA) is 81.2 Å². The molecule has 2 aromatic rings. The zero-order valence-corrected chi connectivity index (χ0v) is 10.5. The fourth-order valence-electron chi connectivity index (χ4n) is 1.62. The van der Waals surface area contributed by atoms with Gasteiger partial charge in [0.05, 0.1) is 16.7 Å². The third-order valence-electron chi connectivity index (χ3n) is 2.57. The van der Waals surface area contributed by atoms with Gasteiger partial charge in [0.25, 0.3) is 5.69 Å². The molecule has 0 unspecified atom stereocenters. The third-order valence-corrected chi connectivity index (χ3v) is 2.57. The quantitative estimate of drug-likeness (QED) is 0.674. The van der Waals surface area contributed by atoms with E-state index in [0.717, 1.165) is 0 Å². The molecule has 0 aliphatic heterocycles. The minimum Gasteiger partial charge on any atom is -0.444 e. The van der Waals surface area contributed by atoms with Crippen LogP contribution in [0.5, 0.6) is 0 Å². The molecule has 8 heteroatoms. The average Bonchev–Trinajstić information content (AvgIpc) is 2.87. The number of aromatic nitrogens is 1. The summed E-state index contributed by atoms with van der Waals surface area (Å²) in [5.41, 5.74) is -0.279. The Morgan fingerprint density at radius 1 is 1.40 bits per heavy atom. The van der Waals surface area contributed by atoms with E-state index in [1.54, 1.807) is 0 Å². The number of nitrogens with zero attached hydrogens (tertiary/aromatic N) is 2. The highest BCUT2D eigenvalue weighted by atomic mass is 19.2. The predicted octanol–water partition coefficient (Wildman–Crippen LogP) is 2.64. The summed E-state index contributed by atoms with van der Waals surface area (Å²) in [4.78, 5) is 14.1. The van der Waals surface area contributed by atoms with Crippen molar-refractivity contribution < 1.29 is 18.1 Å². The van der Waals surface area contributed by atoms with Crippen molar-refractivity contribution in [3.05, 3.63) is 45.8 Å². The first-order chi connectivity index (χ1) is 9.52. The fraction of sp³-hybridized carbons (Fsp3) is 0.250. The van der Waals surface area contributed by atoms with Gasteiger partial charge in [-0.3, -0.25) is 10.1 Å². The average molecular weight is 283 g/mol. The number of halogens is 2. The first-order valence-electron chi connectivity index (χ1n) is 5.81. The summed E-state index contributed by atoms with van der Waals surface area (Å²) in [6.45, 7) is 3.03. The van der Waals surface area contributed by atoms with Gasteiger partial charge in [0.1, 0.15) is 11.8 Å². The van der Waals surface area contributed by atoms with Gasteiger partial charge in [-0.05, 0) is 12.6 Å². The summed E-state index contributed by atoms with van der Waals surface area (Å²) in [5.74, 6) is -2.61. The number of benzene rings is 1. The number of hydrogen-bond acceptors (Lipinski definition) is 5. The molecule has 6 nitrogen and oxygen atoms in total. The molecule has 0 spiro atoms. The van der Waals surface area contributed by atoms with E-state index < -0.39 is 22.2 Å². The third kappa shape index (κ3) is 2.80. The van der Waals surface area contributed by atoms with E-state index in [1.165, 1.54) is 6.26 Å². The van der Waals surface area contributed by atoms with Gasteiger partial charge in [-0.2, -0.15) is 0 Å². The molecule has 20 heavy (non-hydrogen) atoms. The number of nitro benzene ring substituents is 1. The van der Waals surface area contributed by atoms with Crippen molar-refractivity contribution in [2.75, 3.05) is 6.54 Å². The van der Waals surface area contributed by atoms with Crippen LogP contribution in [0.15, 0.2) is 22.8 Å². The van der Waals surface area contributed by atoms with Gasteiger partial charge in [-0.25, -0.2) is 13.8 Å². The van der Waals surface area contributed by atoms with E-state index in [9.17, 15) is 18.9 Å². The van der Waals surface area contributed by atoms with Crippen molar-refractivity contribution in [1.29, 1.82) is 0 Å². The number of hydrogen-bond donors (Lipinski definition) is 1. The Bertz CT molecular complexity index is 643. The standard InChI is InChI=1S/C12H11F2N3O3/c1-2-15-5-7-6-20-12(16-7)8-3-9(13)10(14)4-11(8)17(18)19/h3-4,6,15H,2,5H2,1H3. The Morgan fingerprint density at radius 2 is 2.10 bits per heavy atom.